The van der Waals surface area contributed by atoms with Crippen molar-refractivity contribution in [2.75, 3.05) is 45.2 Å². The van der Waals surface area contributed by atoms with Gasteiger partial charge in [0.2, 0.25) is 0 Å². The number of aromatic nitrogens is 1. The monoisotopic (exact) mass is 422 g/mol. The Hall–Kier alpha value is -2.90. The molecule has 0 atom stereocenters. The summed E-state index contributed by atoms with van der Waals surface area (Å²) >= 11 is 1.63. The van der Waals surface area contributed by atoms with Crippen molar-refractivity contribution in [3.05, 3.63) is 65.0 Å². The van der Waals surface area contributed by atoms with Crippen LogP contribution in [-0.2, 0) is 6.54 Å². The van der Waals surface area contributed by atoms with E-state index in [1.165, 1.54) is 0 Å². The van der Waals surface area contributed by atoms with E-state index in [9.17, 15) is 4.79 Å². The average molecular weight is 423 g/mol. The zero-order chi connectivity index (χ0) is 20.9. The van der Waals surface area contributed by atoms with E-state index in [1.807, 2.05) is 60.5 Å². The van der Waals surface area contributed by atoms with E-state index in [1.54, 1.807) is 18.4 Å². The number of thiazole rings is 1. The van der Waals surface area contributed by atoms with E-state index < -0.39 is 0 Å². The van der Waals surface area contributed by atoms with Crippen LogP contribution >= 0.6 is 11.3 Å². The molecule has 6 nitrogen and oxygen atoms in total. The van der Waals surface area contributed by atoms with Crippen molar-refractivity contribution in [2.45, 2.75) is 6.54 Å². The molecule has 0 bridgehead atoms. The predicted molar refractivity (Wildman–Crippen MR) is 121 cm³/mol. The number of rotatable bonds is 6. The second-order valence-electron chi connectivity index (χ2n) is 7.34. The number of benzene rings is 2. The van der Waals surface area contributed by atoms with Crippen LogP contribution in [0.1, 0.15) is 15.9 Å². The van der Waals surface area contributed by atoms with Crippen LogP contribution in [0.3, 0.4) is 0 Å². The largest absolute Gasteiger partial charge is 0.497 e. The lowest BCUT2D eigenvalue weighted by Gasteiger charge is -2.27. The van der Waals surface area contributed by atoms with Crippen LogP contribution in [0.25, 0.3) is 11.3 Å². The Kier molecular flexibility index (Phi) is 6.30. The second-order valence-corrected chi connectivity index (χ2v) is 8.18. The maximum Gasteiger partial charge on any atom is 0.253 e. The number of anilines is 1. The molecule has 7 heteroatoms. The molecule has 4 rings (SSSR count). The summed E-state index contributed by atoms with van der Waals surface area (Å²) in [5, 5.41) is 6.31. The van der Waals surface area contributed by atoms with Crippen molar-refractivity contribution in [3.63, 3.8) is 0 Å². The van der Waals surface area contributed by atoms with E-state index >= 15 is 0 Å². The van der Waals surface area contributed by atoms with Gasteiger partial charge in [0, 0.05) is 56.3 Å². The lowest BCUT2D eigenvalue weighted by molar-refractivity contribution is 0.0736. The third-order valence-corrected chi connectivity index (χ3v) is 6.18. The fourth-order valence-corrected chi connectivity index (χ4v) is 4.28. The van der Waals surface area contributed by atoms with Gasteiger partial charge in [-0.25, -0.2) is 4.98 Å². The van der Waals surface area contributed by atoms with E-state index in [4.69, 9.17) is 9.72 Å². The fourth-order valence-electron chi connectivity index (χ4n) is 3.48. The first kappa shape index (κ1) is 20.4. The normalized spacial score (nSPS) is 13.9. The SMILES string of the molecule is COc1ccc(-c2csc(N(C)Cc3ccc(C(=O)N4CCNCC4)cc3)n2)cc1. The highest BCUT2D eigenvalue weighted by molar-refractivity contribution is 7.14. The van der Waals surface area contributed by atoms with Crippen LogP contribution in [0, 0.1) is 0 Å². The lowest BCUT2D eigenvalue weighted by atomic mass is 10.1. The van der Waals surface area contributed by atoms with Gasteiger partial charge < -0.3 is 19.9 Å². The molecular formula is C23H26N4O2S. The Balaban J connectivity index is 1.39. The summed E-state index contributed by atoms with van der Waals surface area (Å²) in [6.07, 6.45) is 0. The summed E-state index contributed by atoms with van der Waals surface area (Å²) in [5.41, 5.74) is 3.93. The molecule has 0 saturated carbocycles. The fraction of sp³-hybridized carbons (Fsp3) is 0.304. The van der Waals surface area contributed by atoms with Gasteiger partial charge in [-0.2, -0.15) is 0 Å². The van der Waals surface area contributed by atoms with Gasteiger partial charge in [0.15, 0.2) is 5.13 Å². The summed E-state index contributed by atoms with van der Waals surface area (Å²) in [6.45, 7) is 3.99. The number of amides is 1. The molecule has 1 fully saturated rings. The van der Waals surface area contributed by atoms with Gasteiger partial charge in [0.1, 0.15) is 5.75 Å². The number of hydrogen-bond donors (Lipinski definition) is 1. The van der Waals surface area contributed by atoms with Gasteiger partial charge in [0.05, 0.1) is 12.8 Å². The summed E-state index contributed by atoms with van der Waals surface area (Å²) in [7, 11) is 3.70. The Morgan fingerprint density at radius 2 is 1.83 bits per heavy atom. The Morgan fingerprint density at radius 1 is 1.13 bits per heavy atom. The number of carbonyl (C=O) groups is 1. The van der Waals surface area contributed by atoms with Crippen molar-refractivity contribution >= 4 is 22.4 Å². The molecule has 156 valence electrons. The minimum Gasteiger partial charge on any atom is -0.497 e. The van der Waals surface area contributed by atoms with Crippen molar-refractivity contribution in [2.24, 2.45) is 0 Å². The number of methoxy groups -OCH3 is 1. The highest BCUT2D eigenvalue weighted by Gasteiger charge is 2.18. The van der Waals surface area contributed by atoms with Gasteiger partial charge in [-0.15, -0.1) is 11.3 Å². The Labute approximate surface area is 181 Å². The number of carbonyl (C=O) groups excluding carboxylic acids is 1. The van der Waals surface area contributed by atoms with Crippen molar-refractivity contribution < 1.29 is 9.53 Å². The standard InChI is InChI=1S/C23H26N4O2S/c1-26(23-25-21(16-30-23)18-7-9-20(29-2)10-8-18)15-17-3-5-19(6-4-17)22(28)27-13-11-24-12-14-27/h3-10,16,24H,11-15H2,1-2H3. The summed E-state index contributed by atoms with van der Waals surface area (Å²) in [6, 6.07) is 15.9. The Morgan fingerprint density at radius 3 is 2.50 bits per heavy atom. The number of ether oxygens (including phenoxy) is 1. The van der Waals surface area contributed by atoms with Crippen molar-refractivity contribution in [1.29, 1.82) is 0 Å². The molecule has 3 aromatic rings. The molecule has 1 saturated heterocycles. The van der Waals surface area contributed by atoms with Crippen LogP contribution in [0.4, 0.5) is 5.13 Å². The number of nitrogens with zero attached hydrogens (tertiary/aromatic N) is 3. The van der Waals surface area contributed by atoms with Crippen LogP contribution in [-0.4, -0.2) is 56.1 Å². The molecular weight excluding hydrogens is 396 g/mol. The first-order valence-corrected chi connectivity index (χ1v) is 10.9. The highest BCUT2D eigenvalue weighted by Crippen LogP contribution is 2.28. The number of nitrogens with one attached hydrogen (secondary N) is 1. The smallest absolute Gasteiger partial charge is 0.253 e. The second kappa shape index (κ2) is 9.28. The van der Waals surface area contributed by atoms with Gasteiger partial charge >= 0.3 is 0 Å². The van der Waals surface area contributed by atoms with Gasteiger partial charge in [-0.05, 0) is 42.0 Å². The van der Waals surface area contributed by atoms with Gasteiger partial charge in [-0.3, -0.25) is 4.79 Å². The highest BCUT2D eigenvalue weighted by atomic mass is 32.1. The molecule has 0 spiro atoms. The van der Waals surface area contributed by atoms with E-state index in [2.05, 4.69) is 15.6 Å². The molecule has 1 amide bonds. The lowest BCUT2D eigenvalue weighted by Crippen LogP contribution is -2.46. The molecule has 1 aliphatic rings. The zero-order valence-electron chi connectivity index (χ0n) is 17.3. The van der Waals surface area contributed by atoms with E-state index in [0.29, 0.717) is 0 Å². The van der Waals surface area contributed by atoms with Crippen LogP contribution < -0.4 is 15.0 Å². The molecule has 1 aromatic heterocycles. The molecule has 2 heterocycles. The molecule has 0 radical (unpaired) electrons. The Bertz CT molecular complexity index is 979. The molecule has 0 aliphatic carbocycles. The number of hydrogen-bond acceptors (Lipinski definition) is 6. The quantitative estimate of drug-likeness (QED) is 0.659. The van der Waals surface area contributed by atoms with Gasteiger partial charge in [0.25, 0.3) is 5.91 Å². The molecule has 2 aromatic carbocycles. The van der Waals surface area contributed by atoms with Gasteiger partial charge in [-0.1, -0.05) is 12.1 Å². The van der Waals surface area contributed by atoms with Crippen LogP contribution in [0.5, 0.6) is 5.75 Å². The van der Waals surface area contributed by atoms with Crippen LogP contribution in [0.15, 0.2) is 53.9 Å². The zero-order valence-corrected chi connectivity index (χ0v) is 18.1. The van der Waals surface area contributed by atoms with Crippen molar-refractivity contribution in [3.8, 4) is 17.0 Å². The maximum atomic E-state index is 12.6. The average Bonchev–Trinajstić information content (AvgIpc) is 3.30. The summed E-state index contributed by atoms with van der Waals surface area (Å²) in [5.74, 6) is 0.950. The molecule has 1 aliphatic heterocycles. The first-order valence-electron chi connectivity index (χ1n) is 10.0. The summed E-state index contributed by atoms with van der Waals surface area (Å²) in [4.78, 5) is 21.4. The summed E-state index contributed by atoms with van der Waals surface area (Å²) < 4.78 is 5.22. The first-order chi connectivity index (χ1) is 14.6. The maximum absolute atomic E-state index is 12.6. The molecule has 1 N–H and O–H groups in total. The molecule has 0 unspecified atom stereocenters. The third-order valence-electron chi connectivity index (χ3n) is 5.23. The third kappa shape index (κ3) is 4.63. The molecule has 30 heavy (non-hydrogen) atoms. The number of piperazine rings is 1. The van der Waals surface area contributed by atoms with E-state index in [-0.39, 0.29) is 5.91 Å². The predicted octanol–water partition coefficient (Wildman–Crippen LogP) is 3.50. The van der Waals surface area contributed by atoms with E-state index in [0.717, 1.165) is 66.0 Å². The topological polar surface area (TPSA) is 57.7 Å². The minimum atomic E-state index is 0.112. The van der Waals surface area contributed by atoms with Crippen molar-refractivity contribution in [1.82, 2.24) is 15.2 Å². The minimum absolute atomic E-state index is 0.112. The van der Waals surface area contributed by atoms with Crippen LogP contribution in [0.2, 0.25) is 0 Å².